The van der Waals surface area contributed by atoms with Crippen LogP contribution in [-0.4, -0.2) is 68.8 Å². The number of carbonyl (C=O) groups is 1. The largest absolute Gasteiger partial charge is 0.354 e. The van der Waals surface area contributed by atoms with Crippen molar-refractivity contribution in [2.24, 2.45) is 0 Å². The summed E-state index contributed by atoms with van der Waals surface area (Å²) < 4.78 is 1.96. The van der Waals surface area contributed by atoms with Crippen LogP contribution in [0.1, 0.15) is 49.7 Å². The summed E-state index contributed by atoms with van der Waals surface area (Å²) in [5.41, 5.74) is 6.11. The van der Waals surface area contributed by atoms with Crippen molar-refractivity contribution in [3.8, 4) is 11.3 Å². The van der Waals surface area contributed by atoms with Gasteiger partial charge in [0.15, 0.2) is 0 Å². The standard InChI is InChI=1S/C26H32N6O/c1-17(2)24-21-13-19(18-7-10-31(11-8-18)16-23(33)30(3)4)5-6-22(21)29-25(24)20-14-28-26-27-9-12-32(26)15-20/h5-6,9,12-15,17-18,29H,7-8,10-11,16H2,1-4H3. The predicted molar refractivity (Wildman–Crippen MR) is 131 cm³/mol. The number of nitrogens with zero attached hydrogens (tertiary/aromatic N) is 5. The molecule has 1 N–H and O–H groups in total. The van der Waals surface area contributed by atoms with Gasteiger partial charge in [-0.3, -0.25) is 14.1 Å². The summed E-state index contributed by atoms with van der Waals surface area (Å²) >= 11 is 0. The highest BCUT2D eigenvalue weighted by Gasteiger charge is 2.24. The van der Waals surface area contributed by atoms with E-state index in [-0.39, 0.29) is 5.91 Å². The number of H-pyrrole nitrogens is 1. The van der Waals surface area contributed by atoms with Crippen molar-refractivity contribution in [3.05, 3.63) is 54.1 Å². The number of likely N-dealkylation sites (tertiary alicyclic amines) is 1. The fourth-order valence-corrected chi connectivity index (χ4v) is 5.01. The first-order chi connectivity index (χ1) is 15.9. The number of benzene rings is 1. The molecular formula is C26H32N6O. The molecule has 172 valence electrons. The highest BCUT2D eigenvalue weighted by molar-refractivity contribution is 5.91. The minimum absolute atomic E-state index is 0.180. The number of aromatic nitrogens is 4. The molecule has 0 bridgehead atoms. The number of likely N-dealkylation sites (N-methyl/N-ethyl adjacent to an activating group) is 1. The Morgan fingerprint density at radius 1 is 1.21 bits per heavy atom. The SMILES string of the molecule is CC(C)c1c(-c2cnc3nccn3c2)[nH]c2ccc(C3CCN(CC(=O)N(C)C)CC3)cc12. The highest BCUT2D eigenvalue weighted by atomic mass is 16.2. The molecule has 1 aromatic carbocycles. The van der Waals surface area contributed by atoms with Gasteiger partial charge in [0.25, 0.3) is 0 Å². The number of aromatic amines is 1. The third-order valence-corrected chi connectivity index (χ3v) is 6.89. The molecule has 1 aliphatic rings. The first kappa shape index (κ1) is 21.6. The summed E-state index contributed by atoms with van der Waals surface area (Å²) in [4.78, 5) is 28.5. The van der Waals surface area contributed by atoms with Crippen LogP contribution in [0, 0.1) is 0 Å². The van der Waals surface area contributed by atoms with Gasteiger partial charge in [0, 0.05) is 55.3 Å². The van der Waals surface area contributed by atoms with E-state index in [1.54, 1.807) is 11.1 Å². The molecule has 4 heterocycles. The second-order valence-corrected chi connectivity index (χ2v) is 9.69. The van der Waals surface area contributed by atoms with E-state index < -0.39 is 0 Å². The third kappa shape index (κ3) is 4.13. The summed E-state index contributed by atoms with van der Waals surface area (Å²) in [7, 11) is 3.65. The number of amides is 1. The minimum Gasteiger partial charge on any atom is -0.354 e. The third-order valence-electron chi connectivity index (χ3n) is 6.89. The van der Waals surface area contributed by atoms with Crippen LogP contribution in [0.4, 0.5) is 0 Å². The molecule has 1 amide bonds. The molecule has 33 heavy (non-hydrogen) atoms. The van der Waals surface area contributed by atoms with Gasteiger partial charge in [-0.1, -0.05) is 19.9 Å². The van der Waals surface area contributed by atoms with E-state index in [0.717, 1.165) is 42.7 Å². The molecular weight excluding hydrogens is 412 g/mol. The number of carbonyl (C=O) groups excluding carboxylic acids is 1. The summed E-state index contributed by atoms with van der Waals surface area (Å²) in [6, 6.07) is 6.89. The van der Waals surface area contributed by atoms with E-state index >= 15 is 0 Å². The van der Waals surface area contributed by atoms with Gasteiger partial charge in [-0.2, -0.15) is 0 Å². The second-order valence-electron chi connectivity index (χ2n) is 9.69. The van der Waals surface area contributed by atoms with Crippen molar-refractivity contribution in [2.45, 2.75) is 38.5 Å². The topological polar surface area (TPSA) is 69.5 Å². The van der Waals surface area contributed by atoms with Crippen LogP contribution in [0.15, 0.2) is 43.0 Å². The molecule has 1 aliphatic heterocycles. The fourth-order valence-electron chi connectivity index (χ4n) is 5.01. The Balaban J connectivity index is 1.43. The van der Waals surface area contributed by atoms with Gasteiger partial charge < -0.3 is 9.88 Å². The second kappa shape index (κ2) is 8.63. The van der Waals surface area contributed by atoms with Crippen molar-refractivity contribution in [3.63, 3.8) is 0 Å². The van der Waals surface area contributed by atoms with Crippen LogP contribution in [0.5, 0.6) is 0 Å². The first-order valence-corrected chi connectivity index (χ1v) is 11.8. The van der Waals surface area contributed by atoms with Crippen molar-refractivity contribution in [1.82, 2.24) is 29.2 Å². The van der Waals surface area contributed by atoms with Crippen LogP contribution >= 0.6 is 0 Å². The summed E-state index contributed by atoms with van der Waals surface area (Å²) in [5, 5.41) is 1.30. The van der Waals surface area contributed by atoms with Crippen LogP contribution in [0.3, 0.4) is 0 Å². The lowest BCUT2D eigenvalue weighted by Crippen LogP contribution is -2.40. The van der Waals surface area contributed by atoms with Gasteiger partial charge in [-0.25, -0.2) is 9.97 Å². The molecule has 7 nitrogen and oxygen atoms in total. The molecule has 1 fully saturated rings. The summed E-state index contributed by atoms with van der Waals surface area (Å²) in [5.74, 6) is 1.80. The Hall–Kier alpha value is -3.19. The quantitative estimate of drug-likeness (QED) is 0.499. The Labute approximate surface area is 194 Å². The number of hydrogen-bond donors (Lipinski definition) is 1. The van der Waals surface area contributed by atoms with E-state index in [4.69, 9.17) is 0 Å². The lowest BCUT2D eigenvalue weighted by molar-refractivity contribution is -0.130. The fraction of sp³-hybridized carbons (Fsp3) is 0.423. The van der Waals surface area contributed by atoms with Gasteiger partial charge in [0.1, 0.15) is 0 Å². The average molecular weight is 445 g/mol. The molecule has 0 unspecified atom stereocenters. The van der Waals surface area contributed by atoms with E-state index in [2.05, 4.69) is 58.1 Å². The molecule has 0 saturated carbocycles. The van der Waals surface area contributed by atoms with Gasteiger partial charge in [0.05, 0.1) is 12.2 Å². The van der Waals surface area contributed by atoms with E-state index in [9.17, 15) is 4.79 Å². The lowest BCUT2D eigenvalue weighted by Gasteiger charge is -2.32. The van der Waals surface area contributed by atoms with Crippen LogP contribution in [0.2, 0.25) is 0 Å². The van der Waals surface area contributed by atoms with Crippen LogP contribution in [-0.2, 0) is 4.79 Å². The Kier molecular flexibility index (Phi) is 5.66. The number of piperidine rings is 1. The number of hydrogen-bond acceptors (Lipinski definition) is 4. The number of fused-ring (bicyclic) bond motifs is 2. The highest BCUT2D eigenvalue weighted by Crippen LogP contribution is 2.38. The molecule has 0 spiro atoms. The Morgan fingerprint density at radius 3 is 2.73 bits per heavy atom. The molecule has 4 aromatic rings. The smallest absolute Gasteiger partial charge is 0.236 e. The lowest BCUT2D eigenvalue weighted by atomic mass is 9.87. The monoisotopic (exact) mass is 444 g/mol. The summed E-state index contributed by atoms with van der Waals surface area (Å²) in [6.07, 6.45) is 9.88. The first-order valence-electron chi connectivity index (χ1n) is 11.8. The molecule has 0 radical (unpaired) electrons. The molecule has 3 aromatic heterocycles. The zero-order valence-corrected chi connectivity index (χ0v) is 19.9. The molecule has 7 heteroatoms. The zero-order chi connectivity index (χ0) is 23.1. The number of nitrogens with one attached hydrogen (secondary N) is 1. The zero-order valence-electron chi connectivity index (χ0n) is 19.9. The number of rotatable bonds is 5. The van der Waals surface area contributed by atoms with Crippen LogP contribution < -0.4 is 0 Å². The Morgan fingerprint density at radius 2 is 2.00 bits per heavy atom. The van der Waals surface area contributed by atoms with E-state index in [1.807, 2.05) is 30.9 Å². The van der Waals surface area contributed by atoms with Crippen molar-refractivity contribution in [2.75, 3.05) is 33.7 Å². The van der Waals surface area contributed by atoms with Crippen LogP contribution in [0.25, 0.3) is 27.9 Å². The van der Waals surface area contributed by atoms with Gasteiger partial charge in [-0.05, 0) is 61.0 Å². The molecule has 0 aliphatic carbocycles. The Bertz CT molecular complexity index is 1290. The maximum absolute atomic E-state index is 12.1. The van der Waals surface area contributed by atoms with E-state index in [1.165, 1.54) is 16.5 Å². The maximum atomic E-state index is 12.1. The van der Waals surface area contributed by atoms with Gasteiger partial charge in [-0.15, -0.1) is 0 Å². The summed E-state index contributed by atoms with van der Waals surface area (Å²) in [6.45, 7) is 6.96. The molecule has 5 rings (SSSR count). The van der Waals surface area contributed by atoms with Gasteiger partial charge in [0.2, 0.25) is 11.7 Å². The van der Waals surface area contributed by atoms with Gasteiger partial charge >= 0.3 is 0 Å². The average Bonchev–Trinajstić information content (AvgIpc) is 3.43. The minimum atomic E-state index is 0.180. The van der Waals surface area contributed by atoms with E-state index in [0.29, 0.717) is 24.2 Å². The van der Waals surface area contributed by atoms with Crippen molar-refractivity contribution in [1.29, 1.82) is 0 Å². The molecule has 0 atom stereocenters. The normalized spacial score (nSPS) is 15.7. The van der Waals surface area contributed by atoms with Crippen molar-refractivity contribution < 1.29 is 4.79 Å². The maximum Gasteiger partial charge on any atom is 0.236 e. The predicted octanol–water partition coefficient (Wildman–Crippen LogP) is 4.27. The van der Waals surface area contributed by atoms with Crippen molar-refractivity contribution >= 4 is 22.6 Å². The molecule has 1 saturated heterocycles. The number of imidazole rings is 1.